The van der Waals surface area contributed by atoms with Crippen LogP contribution in [0.3, 0.4) is 0 Å². The Hall–Kier alpha value is -1.31. The first-order chi connectivity index (χ1) is 5.91. The molecule has 0 amide bonds. The van der Waals surface area contributed by atoms with Gasteiger partial charge in [-0.15, -0.1) is 0 Å². The van der Waals surface area contributed by atoms with Gasteiger partial charge in [0.25, 0.3) is 0 Å². The van der Waals surface area contributed by atoms with E-state index in [-0.39, 0.29) is 0 Å². The first-order valence-electron chi connectivity index (χ1n) is 3.24. The average Bonchev–Trinajstić information content (AvgIpc) is 2.12. The number of carbonyl (C=O) groups is 1. The molecule has 0 aliphatic rings. The van der Waals surface area contributed by atoms with Crippen LogP contribution < -0.4 is 0 Å². The standard InChI is InChI=1S/C6H10O7/c7-1-2(8)3(9)4(10)5(11)6(12)13/h2-3,7-11H,1H2,(H,12,13)/b5-4+/t2-,3+/m1/s1. The number of rotatable bonds is 4. The zero-order chi connectivity index (χ0) is 10.6. The Morgan fingerprint density at radius 1 is 1.15 bits per heavy atom. The molecule has 7 heteroatoms. The molecular weight excluding hydrogens is 184 g/mol. The molecule has 0 unspecified atom stereocenters. The molecule has 0 heterocycles. The van der Waals surface area contributed by atoms with Crippen LogP contribution in [0.1, 0.15) is 0 Å². The van der Waals surface area contributed by atoms with Crippen LogP contribution in [-0.2, 0) is 4.79 Å². The maximum atomic E-state index is 10.0. The fraction of sp³-hybridized carbons (Fsp3) is 0.500. The van der Waals surface area contributed by atoms with Crippen molar-refractivity contribution in [3.63, 3.8) is 0 Å². The normalized spacial score (nSPS) is 17.5. The van der Waals surface area contributed by atoms with E-state index in [0.29, 0.717) is 0 Å². The minimum Gasteiger partial charge on any atom is -0.506 e. The Kier molecular flexibility index (Phi) is 4.18. The number of aliphatic hydroxyl groups is 5. The molecule has 0 radical (unpaired) electrons. The third-order valence-electron chi connectivity index (χ3n) is 1.28. The van der Waals surface area contributed by atoms with Gasteiger partial charge in [0.05, 0.1) is 6.61 Å². The molecule has 2 atom stereocenters. The molecule has 0 saturated heterocycles. The molecule has 0 spiro atoms. The molecule has 0 aliphatic carbocycles. The van der Waals surface area contributed by atoms with Crippen LogP contribution >= 0.6 is 0 Å². The van der Waals surface area contributed by atoms with Gasteiger partial charge in [-0.2, -0.15) is 0 Å². The van der Waals surface area contributed by atoms with Crippen LogP contribution in [0.25, 0.3) is 0 Å². The van der Waals surface area contributed by atoms with E-state index in [1.165, 1.54) is 0 Å². The van der Waals surface area contributed by atoms with E-state index in [4.69, 9.17) is 30.6 Å². The van der Waals surface area contributed by atoms with Gasteiger partial charge in [-0.1, -0.05) is 0 Å². The van der Waals surface area contributed by atoms with Crippen molar-refractivity contribution < 1.29 is 35.4 Å². The van der Waals surface area contributed by atoms with Crippen molar-refractivity contribution in [1.82, 2.24) is 0 Å². The van der Waals surface area contributed by atoms with Gasteiger partial charge in [0.2, 0.25) is 5.76 Å². The molecule has 0 aliphatic heterocycles. The first kappa shape index (κ1) is 11.7. The predicted molar refractivity (Wildman–Crippen MR) is 39.0 cm³/mol. The third-order valence-corrected chi connectivity index (χ3v) is 1.28. The predicted octanol–water partition coefficient (Wildman–Crippen LogP) is -1.89. The lowest BCUT2D eigenvalue weighted by molar-refractivity contribution is -0.136. The lowest BCUT2D eigenvalue weighted by Gasteiger charge is -2.14. The summed E-state index contributed by atoms with van der Waals surface area (Å²) in [6.07, 6.45) is -3.78. The second kappa shape index (κ2) is 4.65. The first-order valence-corrected chi connectivity index (χ1v) is 3.24. The average molecular weight is 194 g/mol. The summed E-state index contributed by atoms with van der Waals surface area (Å²) >= 11 is 0. The van der Waals surface area contributed by atoms with Crippen LogP contribution in [0.5, 0.6) is 0 Å². The Labute approximate surface area is 72.8 Å². The fourth-order valence-electron chi connectivity index (χ4n) is 0.532. The van der Waals surface area contributed by atoms with Crippen LogP contribution in [0.2, 0.25) is 0 Å². The highest BCUT2D eigenvalue weighted by Crippen LogP contribution is 2.07. The second-order valence-corrected chi connectivity index (χ2v) is 2.23. The molecule has 76 valence electrons. The van der Waals surface area contributed by atoms with Gasteiger partial charge in [0.15, 0.2) is 5.76 Å². The summed E-state index contributed by atoms with van der Waals surface area (Å²) in [7, 11) is 0. The van der Waals surface area contributed by atoms with Crippen molar-refractivity contribution >= 4 is 5.97 Å². The highest BCUT2D eigenvalue weighted by molar-refractivity contribution is 5.84. The van der Waals surface area contributed by atoms with E-state index in [1.54, 1.807) is 0 Å². The highest BCUT2D eigenvalue weighted by Gasteiger charge is 2.25. The van der Waals surface area contributed by atoms with Gasteiger partial charge in [-0.25, -0.2) is 4.79 Å². The second-order valence-electron chi connectivity index (χ2n) is 2.23. The minimum atomic E-state index is -2.03. The molecule has 0 aromatic heterocycles. The number of aliphatic carboxylic acids is 1. The molecule has 0 fully saturated rings. The Morgan fingerprint density at radius 3 is 1.92 bits per heavy atom. The molecule has 0 rings (SSSR count). The van der Waals surface area contributed by atoms with Crippen molar-refractivity contribution in [1.29, 1.82) is 0 Å². The van der Waals surface area contributed by atoms with Gasteiger partial charge in [0.1, 0.15) is 12.2 Å². The summed E-state index contributed by atoms with van der Waals surface area (Å²) in [5, 5.41) is 51.4. The molecule has 7 nitrogen and oxygen atoms in total. The van der Waals surface area contributed by atoms with Crippen molar-refractivity contribution in [3.05, 3.63) is 11.5 Å². The Morgan fingerprint density at radius 2 is 1.62 bits per heavy atom. The number of carboxylic acids is 1. The van der Waals surface area contributed by atoms with Crippen LogP contribution in [0.4, 0.5) is 0 Å². The van der Waals surface area contributed by atoms with Gasteiger partial charge >= 0.3 is 5.97 Å². The summed E-state index contributed by atoms with van der Waals surface area (Å²) in [6, 6.07) is 0. The van der Waals surface area contributed by atoms with Gasteiger partial charge in [0, 0.05) is 0 Å². The van der Waals surface area contributed by atoms with Gasteiger partial charge < -0.3 is 30.6 Å². The fourth-order valence-corrected chi connectivity index (χ4v) is 0.532. The van der Waals surface area contributed by atoms with Crippen molar-refractivity contribution in [2.45, 2.75) is 12.2 Å². The zero-order valence-electron chi connectivity index (χ0n) is 6.45. The topological polar surface area (TPSA) is 138 Å². The van der Waals surface area contributed by atoms with E-state index in [1.807, 2.05) is 0 Å². The number of hydrogen-bond donors (Lipinski definition) is 6. The zero-order valence-corrected chi connectivity index (χ0v) is 6.45. The smallest absolute Gasteiger partial charge is 0.374 e. The van der Waals surface area contributed by atoms with E-state index < -0.39 is 36.3 Å². The molecule has 6 N–H and O–H groups in total. The maximum Gasteiger partial charge on any atom is 0.374 e. The van der Waals surface area contributed by atoms with Crippen molar-refractivity contribution in [3.8, 4) is 0 Å². The van der Waals surface area contributed by atoms with Crippen LogP contribution in [0.15, 0.2) is 11.5 Å². The SMILES string of the molecule is O=C(O)/C(O)=C(\O)[C@@H](O)[C@H](O)CO. The minimum absolute atomic E-state index is 0.877. The van der Waals surface area contributed by atoms with Crippen molar-refractivity contribution in [2.75, 3.05) is 6.61 Å². The third kappa shape index (κ3) is 2.90. The summed E-state index contributed by atoms with van der Waals surface area (Å²) in [5.74, 6) is -4.62. The van der Waals surface area contributed by atoms with Crippen LogP contribution in [0, 0.1) is 0 Å². The molecule has 0 aromatic rings. The largest absolute Gasteiger partial charge is 0.506 e. The number of aliphatic hydroxyl groups excluding tert-OH is 5. The molecular formula is C6H10O7. The number of carboxylic acid groups (broad SMARTS) is 1. The van der Waals surface area contributed by atoms with Crippen LogP contribution in [-0.4, -0.2) is 55.4 Å². The summed E-state index contributed by atoms with van der Waals surface area (Å²) in [6.45, 7) is -0.877. The summed E-state index contributed by atoms with van der Waals surface area (Å²) in [5.41, 5.74) is 0. The van der Waals surface area contributed by atoms with Gasteiger partial charge in [-0.05, 0) is 0 Å². The quantitative estimate of drug-likeness (QED) is 0.227. The number of hydrogen-bond acceptors (Lipinski definition) is 6. The van der Waals surface area contributed by atoms with E-state index in [2.05, 4.69) is 0 Å². The molecule has 0 saturated carbocycles. The van der Waals surface area contributed by atoms with Crippen molar-refractivity contribution in [2.24, 2.45) is 0 Å². The Bertz CT molecular complexity index is 221. The van der Waals surface area contributed by atoms with E-state index >= 15 is 0 Å². The maximum absolute atomic E-state index is 10.0. The Balaban J connectivity index is 4.66. The lowest BCUT2D eigenvalue weighted by atomic mass is 10.1. The van der Waals surface area contributed by atoms with E-state index in [9.17, 15) is 4.79 Å². The monoisotopic (exact) mass is 194 g/mol. The van der Waals surface area contributed by atoms with E-state index in [0.717, 1.165) is 0 Å². The molecule has 0 aromatic carbocycles. The highest BCUT2D eigenvalue weighted by atomic mass is 16.4. The van der Waals surface area contributed by atoms with Gasteiger partial charge in [-0.3, -0.25) is 0 Å². The summed E-state index contributed by atoms with van der Waals surface area (Å²) < 4.78 is 0. The molecule has 13 heavy (non-hydrogen) atoms. The summed E-state index contributed by atoms with van der Waals surface area (Å²) in [4.78, 5) is 10.0. The lowest BCUT2D eigenvalue weighted by Crippen LogP contribution is -2.32. The molecule has 0 bridgehead atoms.